The summed E-state index contributed by atoms with van der Waals surface area (Å²) in [5.41, 5.74) is 0.592. The molecule has 0 aromatic heterocycles. The third-order valence-corrected chi connectivity index (χ3v) is 8.66. The highest BCUT2D eigenvalue weighted by Crippen LogP contribution is 2.42. The summed E-state index contributed by atoms with van der Waals surface area (Å²) in [6.45, 7) is 3.62. The second kappa shape index (κ2) is 10.8. The van der Waals surface area contributed by atoms with Gasteiger partial charge in [-0.3, -0.25) is 9.10 Å². The van der Waals surface area contributed by atoms with Crippen molar-refractivity contribution < 1.29 is 27.1 Å². The van der Waals surface area contributed by atoms with Crippen LogP contribution in [0.25, 0.3) is 0 Å². The molecule has 0 bridgehead atoms. The van der Waals surface area contributed by atoms with Gasteiger partial charge in [0.1, 0.15) is 29.5 Å². The van der Waals surface area contributed by atoms with E-state index in [9.17, 15) is 17.6 Å². The number of anilines is 1. The summed E-state index contributed by atoms with van der Waals surface area (Å²) in [7, 11) is -2.67. The monoisotopic (exact) mass is 526 g/mol. The number of methoxy groups -OCH3 is 1. The third-order valence-electron chi connectivity index (χ3n) is 6.87. The van der Waals surface area contributed by atoms with E-state index < -0.39 is 33.9 Å². The maximum absolute atomic E-state index is 13.6. The van der Waals surface area contributed by atoms with Crippen LogP contribution in [0.2, 0.25) is 0 Å². The van der Waals surface area contributed by atoms with Crippen molar-refractivity contribution >= 4 is 21.6 Å². The Morgan fingerprint density at radius 3 is 2.32 bits per heavy atom. The van der Waals surface area contributed by atoms with E-state index in [1.165, 1.54) is 43.5 Å². The predicted octanol–water partition coefficient (Wildman–Crippen LogP) is 5.23. The second-order valence-corrected chi connectivity index (χ2v) is 10.9. The zero-order valence-corrected chi connectivity index (χ0v) is 21.9. The normalized spacial score (nSPS) is 16.3. The average Bonchev–Trinajstić information content (AvgIpc) is 2.92. The van der Waals surface area contributed by atoms with Crippen LogP contribution in [0.3, 0.4) is 0 Å². The molecule has 196 valence electrons. The molecule has 0 saturated heterocycles. The minimum Gasteiger partial charge on any atom is -0.497 e. The molecule has 0 radical (unpaired) electrons. The van der Waals surface area contributed by atoms with Crippen molar-refractivity contribution in [2.45, 2.75) is 49.6 Å². The summed E-state index contributed by atoms with van der Waals surface area (Å²) in [6.07, 6.45) is 2.08. The summed E-state index contributed by atoms with van der Waals surface area (Å²) in [4.78, 5) is 13.4. The predicted molar refractivity (Wildman–Crippen MR) is 140 cm³/mol. The van der Waals surface area contributed by atoms with Crippen molar-refractivity contribution in [1.82, 2.24) is 5.32 Å². The lowest BCUT2D eigenvalue weighted by Crippen LogP contribution is -2.47. The molecule has 7 nitrogen and oxygen atoms in total. The number of ether oxygens (including phenoxy) is 2. The molecule has 3 aromatic carbocycles. The number of nitrogens with zero attached hydrogens (tertiary/aromatic N) is 1. The van der Waals surface area contributed by atoms with Gasteiger partial charge < -0.3 is 14.8 Å². The molecule has 0 spiro atoms. The van der Waals surface area contributed by atoms with Crippen LogP contribution in [0.15, 0.2) is 77.7 Å². The van der Waals surface area contributed by atoms with Crippen LogP contribution >= 0.6 is 0 Å². The first-order valence-electron chi connectivity index (χ1n) is 12.2. The second-order valence-electron chi connectivity index (χ2n) is 9.02. The molecule has 37 heavy (non-hydrogen) atoms. The summed E-state index contributed by atoms with van der Waals surface area (Å²) in [5.74, 6) is 0.219. The average molecular weight is 527 g/mol. The Hall–Kier alpha value is -3.59. The number of sulfonamides is 1. The number of benzene rings is 3. The lowest BCUT2D eigenvalue weighted by atomic mass is 9.83. The Morgan fingerprint density at radius 1 is 1.05 bits per heavy atom. The standard InChI is InChI=1S/C28H31FN2O5S/c1-4-28(5-2)18-25(24-8-6-7-9-26(24)36-28)30-27(32)19-31(21-12-10-20(29)11-13-21)37(33,34)23-16-14-22(35-3)15-17-23/h6-17,25H,4-5,18-19H2,1-3H3,(H,30,32)/t25-/m1/s1. The van der Waals surface area contributed by atoms with E-state index in [0.29, 0.717) is 17.9 Å². The lowest BCUT2D eigenvalue weighted by molar-refractivity contribution is -0.121. The topological polar surface area (TPSA) is 84.9 Å². The van der Waals surface area contributed by atoms with Gasteiger partial charge in [0.05, 0.1) is 23.7 Å². The van der Waals surface area contributed by atoms with Gasteiger partial charge in [0, 0.05) is 12.0 Å². The van der Waals surface area contributed by atoms with Crippen LogP contribution in [0, 0.1) is 5.82 Å². The highest BCUT2D eigenvalue weighted by atomic mass is 32.2. The number of fused-ring (bicyclic) bond motifs is 1. The number of amides is 1. The molecule has 1 N–H and O–H groups in total. The van der Waals surface area contributed by atoms with Gasteiger partial charge >= 0.3 is 0 Å². The fourth-order valence-corrected chi connectivity index (χ4v) is 6.02. The van der Waals surface area contributed by atoms with Gasteiger partial charge in [-0.1, -0.05) is 32.0 Å². The molecule has 1 heterocycles. The summed E-state index contributed by atoms with van der Waals surface area (Å²) in [5, 5.41) is 3.03. The molecule has 1 aliphatic rings. The van der Waals surface area contributed by atoms with Crippen molar-refractivity contribution in [2.24, 2.45) is 0 Å². The van der Waals surface area contributed by atoms with Crippen LogP contribution in [0.5, 0.6) is 11.5 Å². The number of hydrogen-bond acceptors (Lipinski definition) is 5. The fourth-order valence-electron chi connectivity index (χ4n) is 4.60. The van der Waals surface area contributed by atoms with Crippen molar-refractivity contribution in [2.75, 3.05) is 18.0 Å². The molecule has 1 amide bonds. The molecule has 0 aliphatic carbocycles. The number of hydrogen-bond donors (Lipinski definition) is 1. The van der Waals surface area contributed by atoms with Gasteiger partial charge in [-0.15, -0.1) is 0 Å². The zero-order valence-electron chi connectivity index (χ0n) is 21.1. The van der Waals surface area contributed by atoms with Crippen LogP contribution in [0.4, 0.5) is 10.1 Å². The molecule has 0 fully saturated rings. The number of para-hydroxylation sites is 1. The number of rotatable bonds is 9. The highest BCUT2D eigenvalue weighted by molar-refractivity contribution is 7.92. The summed E-state index contributed by atoms with van der Waals surface area (Å²) >= 11 is 0. The quantitative estimate of drug-likeness (QED) is 0.413. The molecule has 9 heteroatoms. The van der Waals surface area contributed by atoms with Crippen molar-refractivity contribution in [3.8, 4) is 11.5 Å². The lowest BCUT2D eigenvalue weighted by Gasteiger charge is -2.41. The first kappa shape index (κ1) is 26.5. The Morgan fingerprint density at radius 2 is 1.70 bits per heavy atom. The van der Waals surface area contributed by atoms with Gasteiger partial charge in [-0.2, -0.15) is 0 Å². The smallest absolute Gasteiger partial charge is 0.264 e. The van der Waals surface area contributed by atoms with E-state index in [0.717, 1.165) is 34.8 Å². The van der Waals surface area contributed by atoms with Gasteiger partial charge in [0.2, 0.25) is 5.91 Å². The van der Waals surface area contributed by atoms with Gasteiger partial charge in [-0.05, 0) is 67.4 Å². The largest absolute Gasteiger partial charge is 0.497 e. The molecular weight excluding hydrogens is 495 g/mol. The van der Waals surface area contributed by atoms with E-state index in [-0.39, 0.29) is 16.6 Å². The first-order chi connectivity index (χ1) is 17.7. The van der Waals surface area contributed by atoms with Crippen LogP contribution in [-0.2, 0) is 14.8 Å². The van der Waals surface area contributed by atoms with Crippen molar-refractivity contribution in [3.63, 3.8) is 0 Å². The fraction of sp³-hybridized carbons (Fsp3) is 0.321. The van der Waals surface area contributed by atoms with Crippen LogP contribution in [-0.4, -0.2) is 33.6 Å². The third kappa shape index (κ3) is 5.56. The Labute approximate surface area is 217 Å². The Balaban J connectivity index is 1.64. The maximum atomic E-state index is 13.6. The minimum atomic E-state index is -4.15. The van der Waals surface area contributed by atoms with Crippen molar-refractivity contribution in [1.29, 1.82) is 0 Å². The molecule has 0 saturated carbocycles. The maximum Gasteiger partial charge on any atom is 0.264 e. The zero-order chi connectivity index (χ0) is 26.6. The molecule has 3 aromatic rings. The molecule has 1 atom stereocenters. The van der Waals surface area contributed by atoms with E-state index in [1.54, 1.807) is 0 Å². The van der Waals surface area contributed by atoms with Gasteiger partial charge in [0.25, 0.3) is 10.0 Å². The minimum absolute atomic E-state index is 0.0159. The first-order valence-corrected chi connectivity index (χ1v) is 13.6. The van der Waals surface area contributed by atoms with Gasteiger partial charge in [-0.25, -0.2) is 12.8 Å². The SMILES string of the molecule is CCC1(CC)C[C@@H](NC(=O)CN(c2ccc(F)cc2)S(=O)(=O)c2ccc(OC)cc2)c2ccccc2O1. The molecule has 4 rings (SSSR count). The van der Waals surface area contributed by atoms with Crippen LogP contribution in [0.1, 0.15) is 44.7 Å². The van der Waals surface area contributed by atoms with E-state index in [1.807, 2.05) is 38.1 Å². The number of carbonyl (C=O) groups is 1. The number of halogens is 1. The van der Waals surface area contributed by atoms with Crippen molar-refractivity contribution in [3.05, 3.63) is 84.2 Å². The van der Waals surface area contributed by atoms with E-state index in [4.69, 9.17) is 9.47 Å². The van der Waals surface area contributed by atoms with Gasteiger partial charge in [0.15, 0.2) is 0 Å². The molecule has 0 unspecified atom stereocenters. The molecule has 1 aliphatic heterocycles. The summed E-state index contributed by atoms with van der Waals surface area (Å²) in [6, 6.07) is 18.1. The number of nitrogens with one attached hydrogen (secondary N) is 1. The highest BCUT2D eigenvalue weighted by Gasteiger charge is 2.39. The summed E-state index contributed by atoms with van der Waals surface area (Å²) < 4.78 is 53.3. The Bertz CT molecular complexity index is 1340. The van der Waals surface area contributed by atoms with E-state index >= 15 is 0 Å². The van der Waals surface area contributed by atoms with Crippen LogP contribution < -0.4 is 19.1 Å². The number of carbonyl (C=O) groups excluding carboxylic acids is 1. The molecular formula is C28H31FN2O5S. The Kier molecular flexibility index (Phi) is 7.73. The van der Waals surface area contributed by atoms with E-state index in [2.05, 4.69) is 5.32 Å².